The fraction of sp³-hybridized carbons (Fsp3) is 0.154. The highest BCUT2D eigenvalue weighted by Gasteiger charge is 2.18. The summed E-state index contributed by atoms with van der Waals surface area (Å²) in [5.74, 6) is -0.592. The van der Waals surface area contributed by atoms with E-state index in [0.717, 1.165) is 0 Å². The van der Waals surface area contributed by atoms with E-state index in [0.29, 0.717) is 22.5 Å². The Bertz CT molecular complexity index is 625. The summed E-state index contributed by atoms with van der Waals surface area (Å²) in [6.07, 6.45) is 0. The number of nitrogen functional groups attached to an aromatic ring is 1. The van der Waals surface area contributed by atoms with E-state index in [1.165, 1.54) is 19.2 Å². The number of hydrogen-bond donors (Lipinski definition) is 2. The van der Waals surface area contributed by atoms with Crippen LogP contribution in [0, 0.1) is 12.7 Å². The van der Waals surface area contributed by atoms with Crippen LogP contribution < -0.4 is 11.1 Å². The highest BCUT2D eigenvalue weighted by atomic mass is 19.1. The smallest absolute Gasteiger partial charge is 0.255 e. The van der Waals surface area contributed by atoms with Crippen molar-refractivity contribution in [3.8, 4) is 11.3 Å². The van der Waals surface area contributed by atoms with Gasteiger partial charge in [-0.05, 0) is 31.2 Å². The molecule has 0 fully saturated rings. The number of carbonyl (C=O) groups excluding carboxylic acids is 1. The molecular formula is C13H13FN4O. The first-order valence-corrected chi connectivity index (χ1v) is 5.65. The van der Waals surface area contributed by atoms with Gasteiger partial charge in [0.1, 0.15) is 5.82 Å². The van der Waals surface area contributed by atoms with Gasteiger partial charge < -0.3 is 11.1 Å². The summed E-state index contributed by atoms with van der Waals surface area (Å²) in [5.41, 5.74) is 7.42. The van der Waals surface area contributed by atoms with Gasteiger partial charge in [0.15, 0.2) is 0 Å². The van der Waals surface area contributed by atoms with Gasteiger partial charge in [0.25, 0.3) is 5.91 Å². The summed E-state index contributed by atoms with van der Waals surface area (Å²) in [6, 6.07) is 5.69. The van der Waals surface area contributed by atoms with Crippen LogP contribution in [0.3, 0.4) is 0 Å². The molecule has 5 nitrogen and oxygen atoms in total. The summed E-state index contributed by atoms with van der Waals surface area (Å²) < 4.78 is 12.9. The first-order valence-electron chi connectivity index (χ1n) is 5.65. The van der Waals surface area contributed by atoms with Crippen LogP contribution in [-0.2, 0) is 0 Å². The highest BCUT2D eigenvalue weighted by molar-refractivity contribution is 6.00. The first-order chi connectivity index (χ1) is 9.02. The number of nitrogens with two attached hydrogens (primary N) is 1. The van der Waals surface area contributed by atoms with E-state index in [1.54, 1.807) is 19.1 Å². The van der Waals surface area contributed by atoms with Crippen molar-refractivity contribution in [1.82, 2.24) is 15.3 Å². The molecule has 98 valence electrons. The highest BCUT2D eigenvalue weighted by Crippen LogP contribution is 2.24. The summed E-state index contributed by atoms with van der Waals surface area (Å²) in [6.45, 7) is 1.68. The van der Waals surface area contributed by atoms with Crippen LogP contribution in [0.1, 0.15) is 16.1 Å². The second-order valence-electron chi connectivity index (χ2n) is 3.98. The van der Waals surface area contributed by atoms with E-state index >= 15 is 0 Å². The number of carbonyl (C=O) groups is 1. The number of nitrogens with one attached hydrogen (secondary N) is 1. The van der Waals surface area contributed by atoms with Crippen molar-refractivity contribution in [1.29, 1.82) is 0 Å². The monoisotopic (exact) mass is 260 g/mol. The molecule has 1 amide bonds. The molecule has 1 aromatic heterocycles. The number of hydrogen-bond acceptors (Lipinski definition) is 4. The predicted molar refractivity (Wildman–Crippen MR) is 70.0 cm³/mol. The molecule has 6 heteroatoms. The lowest BCUT2D eigenvalue weighted by Crippen LogP contribution is -2.21. The molecule has 0 bridgehead atoms. The fourth-order valence-electron chi connectivity index (χ4n) is 1.81. The van der Waals surface area contributed by atoms with Gasteiger partial charge in [-0.2, -0.15) is 0 Å². The molecule has 0 unspecified atom stereocenters. The molecule has 1 heterocycles. The van der Waals surface area contributed by atoms with Gasteiger partial charge in [-0.3, -0.25) is 4.79 Å². The van der Waals surface area contributed by atoms with Gasteiger partial charge in [-0.25, -0.2) is 14.4 Å². The number of aromatic nitrogens is 2. The zero-order chi connectivity index (χ0) is 14.0. The Morgan fingerprint density at radius 3 is 2.47 bits per heavy atom. The molecule has 3 N–H and O–H groups in total. The number of rotatable bonds is 2. The van der Waals surface area contributed by atoms with Crippen molar-refractivity contribution in [2.75, 3.05) is 12.8 Å². The SMILES string of the molecule is CNC(=O)c1c(C)nc(N)nc1-c1ccc(F)cc1. The number of benzene rings is 1. The molecule has 1 aromatic carbocycles. The van der Waals surface area contributed by atoms with Crippen molar-refractivity contribution < 1.29 is 9.18 Å². The van der Waals surface area contributed by atoms with E-state index in [9.17, 15) is 9.18 Å². The second-order valence-corrected chi connectivity index (χ2v) is 3.98. The molecular weight excluding hydrogens is 247 g/mol. The summed E-state index contributed by atoms with van der Waals surface area (Å²) in [5, 5.41) is 2.53. The molecule has 2 aromatic rings. The Balaban J connectivity index is 2.67. The lowest BCUT2D eigenvalue weighted by atomic mass is 10.0. The third kappa shape index (κ3) is 2.52. The lowest BCUT2D eigenvalue weighted by Gasteiger charge is -2.11. The average molecular weight is 260 g/mol. The van der Waals surface area contributed by atoms with E-state index in [1.807, 2.05) is 0 Å². The molecule has 0 aliphatic heterocycles. The molecule has 0 aliphatic carbocycles. The van der Waals surface area contributed by atoms with Gasteiger partial charge in [0.05, 0.1) is 17.0 Å². The quantitative estimate of drug-likeness (QED) is 0.858. The number of aryl methyl sites for hydroxylation is 1. The maximum atomic E-state index is 12.9. The van der Waals surface area contributed by atoms with Crippen LogP contribution in [0.25, 0.3) is 11.3 Å². The largest absolute Gasteiger partial charge is 0.368 e. The number of nitrogens with zero attached hydrogens (tertiary/aromatic N) is 2. The molecule has 19 heavy (non-hydrogen) atoms. The molecule has 0 saturated carbocycles. The average Bonchev–Trinajstić information content (AvgIpc) is 2.38. The van der Waals surface area contributed by atoms with E-state index in [4.69, 9.17) is 5.73 Å². The maximum absolute atomic E-state index is 12.9. The summed E-state index contributed by atoms with van der Waals surface area (Å²) in [4.78, 5) is 20.0. The topological polar surface area (TPSA) is 80.9 Å². The third-order valence-corrected chi connectivity index (χ3v) is 2.68. The minimum Gasteiger partial charge on any atom is -0.368 e. The lowest BCUT2D eigenvalue weighted by molar-refractivity contribution is 0.0962. The number of anilines is 1. The zero-order valence-corrected chi connectivity index (χ0v) is 10.6. The van der Waals surface area contributed by atoms with Gasteiger partial charge in [-0.15, -0.1) is 0 Å². The Morgan fingerprint density at radius 1 is 1.26 bits per heavy atom. The molecule has 0 spiro atoms. The van der Waals surface area contributed by atoms with E-state index in [2.05, 4.69) is 15.3 Å². The number of amides is 1. The van der Waals surface area contributed by atoms with Crippen molar-refractivity contribution in [2.24, 2.45) is 0 Å². The van der Waals surface area contributed by atoms with E-state index in [-0.39, 0.29) is 17.7 Å². The van der Waals surface area contributed by atoms with E-state index < -0.39 is 0 Å². The van der Waals surface area contributed by atoms with Crippen molar-refractivity contribution >= 4 is 11.9 Å². The van der Waals surface area contributed by atoms with Crippen LogP contribution in [-0.4, -0.2) is 22.9 Å². The van der Waals surface area contributed by atoms with Gasteiger partial charge in [0, 0.05) is 12.6 Å². The van der Waals surface area contributed by atoms with Gasteiger partial charge in [-0.1, -0.05) is 0 Å². The van der Waals surface area contributed by atoms with Crippen LogP contribution in [0.5, 0.6) is 0 Å². The van der Waals surface area contributed by atoms with Crippen LogP contribution >= 0.6 is 0 Å². The minimum atomic E-state index is -0.357. The second kappa shape index (κ2) is 5.01. The predicted octanol–water partition coefficient (Wildman–Crippen LogP) is 1.53. The molecule has 2 rings (SSSR count). The van der Waals surface area contributed by atoms with Crippen molar-refractivity contribution in [3.05, 3.63) is 41.3 Å². The zero-order valence-electron chi connectivity index (χ0n) is 10.6. The van der Waals surface area contributed by atoms with Gasteiger partial charge in [0.2, 0.25) is 5.95 Å². The molecule has 0 aliphatic rings. The van der Waals surface area contributed by atoms with Crippen molar-refractivity contribution in [2.45, 2.75) is 6.92 Å². The third-order valence-electron chi connectivity index (χ3n) is 2.68. The minimum absolute atomic E-state index is 0.0736. The van der Waals surface area contributed by atoms with Gasteiger partial charge >= 0.3 is 0 Å². The molecule has 0 saturated heterocycles. The van der Waals surface area contributed by atoms with Crippen molar-refractivity contribution in [3.63, 3.8) is 0 Å². The van der Waals surface area contributed by atoms with Crippen LogP contribution in [0.4, 0.5) is 10.3 Å². The van der Waals surface area contributed by atoms with Crippen LogP contribution in [0.15, 0.2) is 24.3 Å². The Labute approximate surface area is 109 Å². The van der Waals surface area contributed by atoms with Crippen LogP contribution in [0.2, 0.25) is 0 Å². The normalized spacial score (nSPS) is 10.3. The Morgan fingerprint density at radius 2 is 1.89 bits per heavy atom. The summed E-state index contributed by atoms with van der Waals surface area (Å²) >= 11 is 0. The molecule has 0 radical (unpaired) electrons. The summed E-state index contributed by atoms with van der Waals surface area (Å²) in [7, 11) is 1.52. The Kier molecular flexibility index (Phi) is 3.41. The first kappa shape index (κ1) is 12.9. The fourth-order valence-corrected chi connectivity index (χ4v) is 1.81. The molecule has 0 atom stereocenters. The number of halogens is 1. The maximum Gasteiger partial charge on any atom is 0.255 e. The Hall–Kier alpha value is -2.50. The standard InChI is InChI=1S/C13H13FN4O/c1-7-10(12(19)16-2)11(18-13(15)17-7)8-3-5-9(14)6-4-8/h3-6H,1-2H3,(H,16,19)(H2,15,17,18).